The van der Waals surface area contributed by atoms with E-state index in [9.17, 15) is 24.6 Å². The van der Waals surface area contributed by atoms with E-state index in [2.05, 4.69) is 10.3 Å². The van der Waals surface area contributed by atoms with Gasteiger partial charge in [-0.25, -0.2) is 4.79 Å². The molecular weight excluding hydrogens is 382 g/mol. The van der Waals surface area contributed by atoms with Crippen LogP contribution in [0.15, 0.2) is 46.1 Å². The Bertz CT molecular complexity index is 956. The molecule has 0 saturated carbocycles. The number of aliphatic hydroxyl groups excluding tert-OH is 2. The Morgan fingerprint density at radius 1 is 1.31 bits per heavy atom. The molecule has 1 amide bonds. The molecule has 4 atom stereocenters. The van der Waals surface area contributed by atoms with Gasteiger partial charge < -0.3 is 25.0 Å². The highest BCUT2D eigenvalue weighted by atomic mass is 16.6. The molecule has 2 heterocycles. The van der Waals surface area contributed by atoms with E-state index in [0.717, 1.165) is 16.3 Å². The summed E-state index contributed by atoms with van der Waals surface area (Å²) in [6.07, 6.45) is -2.59. The zero-order valence-electron chi connectivity index (χ0n) is 15.8. The topological polar surface area (TPSA) is 143 Å². The highest BCUT2D eigenvalue weighted by Crippen LogP contribution is 2.30. The van der Waals surface area contributed by atoms with Crippen LogP contribution in [0.2, 0.25) is 0 Å². The standard InChI is InChI=1S/C19H23N3O7/c1-28-15-14(24)13(10-23)29-18(15)22-9-12(17(26)21-19(22)27)16(25)20-8-7-11-5-3-2-4-6-11/h2-6,9,13-15,18,23-24H,7-8,10H2,1H3,(H,20,25)(H,21,26,27)/t13-,14+,15-,18-/m1/s1. The van der Waals surface area contributed by atoms with Crippen LogP contribution < -0.4 is 16.6 Å². The number of benzene rings is 1. The van der Waals surface area contributed by atoms with Crippen molar-refractivity contribution in [3.05, 3.63) is 68.5 Å². The van der Waals surface area contributed by atoms with Crippen molar-refractivity contribution in [1.29, 1.82) is 0 Å². The molecule has 1 aromatic carbocycles. The molecule has 156 valence electrons. The molecule has 0 aliphatic carbocycles. The van der Waals surface area contributed by atoms with Crippen molar-refractivity contribution in [2.75, 3.05) is 20.3 Å². The first kappa shape index (κ1) is 20.9. The minimum Gasteiger partial charge on any atom is -0.394 e. The van der Waals surface area contributed by atoms with Gasteiger partial charge in [0.1, 0.15) is 23.9 Å². The summed E-state index contributed by atoms with van der Waals surface area (Å²) in [5.41, 5.74) is -0.917. The van der Waals surface area contributed by atoms with E-state index in [1.54, 1.807) is 0 Å². The summed E-state index contributed by atoms with van der Waals surface area (Å²) in [4.78, 5) is 38.9. The third kappa shape index (κ3) is 4.46. The SMILES string of the molecule is CO[C@@H]1[C@@H](O)[C@@H](CO)O[C@H]1n1cc(C(=O)NCCc2ccccc2)c(=O)[nH]c1=O. The van der Waals surface area contributed by atoms with Gasteiger partial charge in [0.05, 0.1) is 6.61 Å². The summed E-state index contributed by atoms with van der Waals surface area (Å²) < 4.78 is 11.6. The first-order chi connectivity index (χ1) is 14.0. The van der Waals surface area contributed by atoms with E-state index < -0.39 is 48.3 Å². The van der Waals surface area contributed by atoms with Gasteiger partial charge >= 0.3 is 5.69 Å². The summed E-state index contributed by atoms with van der Waals surface area (Å²) >= 11 is 0. The number of H-pyrrole nitrogens is 1. The fourth-order valence-electron chi connectivity index (χ4n) is 3.24. The molecule has 1 fully saturated rings. The third-order valence-electron chi connectivity index (χ3n) is 4.79. The molecule has 1 aromatic heterocycles. The number of rotatable bonds is 7. The molecule has 10 heteroatoms. The van der Waals surface area contributed by atoms with Gasteiger partial charge in [0.2, 0.25) is 0 Å². The van der Waals surface area contributed by atoms with Crippen molar-refractivity contribution >= 4 is 5.91 Å². The molecule has 29 heavy (non-hydrogen) atoms. The second-order valence-corrected chi connectivity index (χ2v) is 6.64. The van der Waals surface area contributed by atoms with Crippen LogP contribution in [-0.4, -0.2) is 64.2 Å². The Labute approximate surface area is 165 Å². The molecule has 1 aliphatic rings. The lowest BCUT2D eigenvalue weighted by atomic mass is 10.1. The van der Waals surface area contributed by atoms with Crippen LogP contribution in [0.4, 0.5) is 0 Å². The Morgan fingerprint density at radius 3 is 2.69 bits per heavy atom. The Kier molecular flexibility index (Phi) is 6.60. The summed E-state index contributed by atoms with van der Waals surface area (Å²) in [6, 6.07) is 9.51. The summed E-state index contributed by atoms with van der Waals surface area (Å²) in [6.45, 7) is -0.185. The first-order valence-electron chi connectivity index (χ1n) is 9.11. The molecular formula is C19H23N3O7. The minimum atomic E-state index is -1.18. The van der Waals surface area contributed by atoms with E-state index in [1.165, 1.54) is 7.11 Å². The van der Waals surface area contributed by atoms with E-state index in [0.29, 0.717) is 13.0 Å². The van der Waals surface area contributed by atoms with Crippen molar-refractivity contribution in [3.63, 3.8) is 0 Å². The van der Waals surface area contributed by atoms with E-state index >= 15 is 0 Å². The number of aromatic amines is 1. The number of amides is 1. The Hall–Kier alpha value is -2.79. The number of nitrogens with zero attached hydrogens (tertiary/aromatic N) is 1. The average molecular weight is 405 g/mol. The van der Waals surface area contributed by atoms with Gasteiger partial charge in [-0.1, -0.05) is 30.3 Å². The maximum absolute atomic E-state index is 12.5. The molecule has 0 spiro atoms. The van der Waals surface area contributed by atoms with Crippen molar-refractivity contribution in [1.82, 2.24) is 14.9 Å². The van der Waals surface area contributed by atoms with Crippen molar-refractivity contribution in [3.8, 4) is 0 Å². The van der Waals surface area contributed by atoms with Gasteiger partial charge in [-0.05, 0) is 12.0 Å². The number of aliphatic hydroxyl groups is 2. The quantitative estimate of drug-likeness (QED) is 0.452. The lowest BCUT2D eigenvalue weighted by Gasteiger charge is -2.20. The normalized spacial score (nSPS) is 23.8. The molecule has 2 aromatic rings. The predicted molar refractivity (Wildman–Crippen MR) is 102 cm³/mol. The van der Waals surface area contributed by atoms with Crippen LogP contribution in [-0.2, 0) is 15.9 Å². The number of ether oxygens (including phenoxy) is 2. The monoisotopic (exact) mass is 405 g/mol. The van der Waals surface area contributed by atoms with Crippen LogP contribution in [0.25, 0.3) is 0 Å². The molecule has 1 saturated heterocycles. The van der Waals surface area contributed by atoms with Crippen molar-refractivity contribution < 1.29 is 24.5 Å². The van der Waals surface area contributed by atoms with Crippen LogP contribution in [0.5, 0.6) is 0 Å². The first-order valence-corrected chi connectivity index (χ1v) is 9.11. The van der Waals surface area contributed by atoms with Gasteiger partial charge in [-0.3, -0.25) is 19.1 Å². The van der Waals surface area contributed by atoms with E-state index in [4.69, 9.17) is 9.47 Å². The number of hydrogen-bond donors (Lipinski definition) is 4. The van der Waals surface area contributed by atoms with E-state index in [-0.39, 0.29) is 5.56 Å². The molecule has 1 aliphatic heterocycles. The summed E-state index contributed by atoms with van der Waals surface area (Å²) in [5.74, 6) is -0.651. The smallest absolute Gasteiger partial charge is 0.330 e. The molecule has 0 unspecified atom stereocenters. The van der Waals surface area contributed by atoms with Gasteiger partial charge in [0.25, 0.3) is 11.5 Å². The van der Waals surface area contributed by atoms with Gasteiger partial charge in [0, 0.05) is 19.9 Å². The zero-order chi connectivity index (χ0) is 21.0. The Morgan fingerprint density at radius 2 is 2.03 bits per heavy atom. The lowest BCUT2D eigenvalue weighted by Crippen LogP contribution is -2.41. The molecule has 0 bridgehead atoms. The maximum atomic E-state index is 12.5. The third-order valence-corrected chi connectivity index (χ3v) is 4.79. The fraction of sp³-hybridized carbons (Fsp3) is 0.421. The minimum absolute atomic E-state index is 0.280. The second-order valence-electron chi connectivity index (χ2n) is 6.64. The summed E-state index contributed by atoms with van der Waals surface area (Å²) in [5, 5.41) is 22.1. The number of hydrogen-bond acceptors (Lipinski definition) is 7. The van der Waals surface area contributed by atoms with E-state index in [1.807, 2.05) is 30.3 Å². The highest BCUT2D eigenvalue weighted by molar-refractivity contribution is 5.93. The van der Waals surface area contributed by atoms with Gasteiger partial charge in [-0.15, -0.1) is 0 Å². The number of carbonyl (C=O) groups is 1. The highest BCUT2D eigenvalue weighted by Gasteiger charge is 2.45. The maximum Gasteiger partial charge on any atom is 0.330 e. The van der Waals surface area contributed by atoms with Crippen LogP contribution >= 0.6 is 0 Å². The van der Waals surface area contributed by atoms with Gasteiger partial charge in [-0.2, -0.15) is 0 Å². The van der Waals surface area contributed by atoms with Crippen LogP contribution in [0.3, 0.4) is 0 Å². The molecule has 3 rings (SSSR count). The number of aromatic nitrogens is 2. The number of nitrogens with one attached hydrogen (secondary N) is 2. The molecule has 10 nitrogen and oxygen atoms in total. The second kappa shape index (κ2) is 9.14. The molecule has 4 N–H and O–H groups in total. The Balaban J connectivity index is 1.79. The van der Waals surface area contributed by atoms with Gasteiger partial charge in [0.15, 0.2) is 6.23 Å². The zero-order valence-corrected chi connectivity index (χ0v) is 15.8. The average Bonchev–Trinajstić information content (AvgIpc) is 3.04. The summed E-state index contributed by atoms with van der Waals surface area (Å²) in [7, 11) is 1.32. The van der Waals surface area contributed by atoms with Crippen molar-refractivity contribution in [2.24, 2.45) is 0 Å². The number of carbonyl (C=O) groups excluding carboxylic acids is 1. The largest absolute Gasteiger partial charge is 0.394 e. The van der Waals surface area contributed by atoms with Crippen LogP contribution in [0.1, 0.15) is 22.1 Å². The lowest BCUT2D eigenvalue weighted by molar-refractivity contribution is -0.0626. The number of methoxy groups -OCH3 is 1. The fourth-order valence-corrected chi connectivity index (χ4v) is 3.24. The molecule has 0 radical (unpaired) electrons. The van der Waals surface area contributed by atoms with Crippen LogP contribution in [0, 0.1) is 0 Å². The predicted octanol–water partition coefficient (Wildman–Crippen LogP) is -1.23. The van der Waals surface area contributed by atoms with Crippen molar-refractivity contribution in [2.45, 2.75) is 31.0 Å².